The topological polar surface area (TPSA) is 80.0 Å². The molecule has 1 atom stereocenters. The van der Waals surface area contributed by atoms with E-state index >= 15 is 0 Å². The molecule has 104 valence electrons. The minimum atomic E-state index is -0.425. The van der Waals surface area contributed by atoms with Crippen LogP contribution in [-0.4, -0.2) is 23.5 Å². The summed E-state index contributed by atoms with van der Waals surface area (Å²) in [7, 11) is 0. The summed E-state index contributed by atoms with van der Waals surface area (Å²) >= 11 is 0. The monoisotopic (exact) mass is 274 g/mol. The van der Waals surface area contributed by atoms with E-state index < -0.39 is 5.82 Å². The van der Waals surface area contributed by atoms with E-state index in [1.807, 2.05) is 6.07 Å². The lowest BCUT2D eigenvalue weighted by Gasteiger charge is -2.25. The van der Waals surface area contributed by atoms with Gasteiger partial charge in [-0.2, -0.15) is 0 Å². The van der Waals surface area contributed by atoms with Crippen LogP contribution in [0.15, 0.2) is 24.4 Å². The van der Waals surface area contributed by atoms with Crippen LogP contribution in [0.2, 0.25) is 0 Å². The zero-order chi connectivity index (χ0) is 14.1. The molecule has 1 aromatic heterocycles. The molecule has 4 N–H and O–H groups in total. The smallest absolute Gasteiger partial charge is 0.220 e. The van der Waals surface area contributed by atoms with Crippen molar-refractivity contribution in [2.45, 2.75) is 18.9 Å². The number of anilines is 2. The van der Waals surface area contributed by atoms with Gasteiger partial charge >= 0.3 is 0 Å². The van der Waals surface area contributed by atoms with Crippen LogP contribution in [0.3, 0.4) is 0 Å². The van der Waals surface area contributed by atoms with Gasteiger partial charge in [0.25, 0.3) is 0 Å². The molecule has 3 rings (SSSR count). The molecule has 1 unspecified atom stereocenters. The molecule has 0 radical (unpaired) electrons. The highest BCUT2D eigenvalue weighted by Crippen LogP contribution is 2.30. The molecule has 5 nitrogen and oxygen atoms in total. The lowest BCUT2D eigenvalue weighted by Crippen LogP contribution is -2.42. The zero-order valence-electron chi connectivity index (χ0n) is 10.8. The van der Waals surface area contributed by atoms with Crippen molar-refractivity contribution in [2.24, 2.45) is 0 Å². The molecule has 1 saturated heterocycles. The van der Waals surface area contributed by atoms with E-state index in [1.165, 1.54) is 6.07 Å². The van der Waals surface area contributed by atoms with Gasteiger partial charge in [0, 0.05) is 36.3 Å². The summed E-state index contributed by atoms with van der Waals surface area (Å²) in [4.78, 5) is 15.4. The number of fused-ring (bicyclic) bond motifs is 1. The predicted molar refractivity (Wildman–Crippen MR) is 75.8 cm³/mol. The summed E-state index contributed by atoms with van der Waals surface area (Å²) in [6, 6.07) is 4.87. The van der Waals surface area contributed by atoms with Crippen molar-refractivity contribution in [3.8, 4) is 0 Å². The van der Waals surface area contributed by atoms with Crippen molar-refractivity contribution >= 4 is 28.2 Å². The van der Waals surface area contributed by atoms with E-state index in [4.69, 9.17) is 5.73 Å². The number of amides is 1. The summed E-state index contributed by atoms with van der Waals surface area (Å²) in [6.45, 7) is 0.483. The molecule has 0 bridgehead atoms. The molecule has 20 heavy (non-hydrogen) atoms. The fourth-order valence-electron chi connectivity index (χ4n) is 2.43. The number of halogens is 1. The molecule has 2 aromatic rings. The first kappa shape index (κ1) is 12.7. The van der Waals surface area contributed by atoms with Gasteiger partial charge < -0.3 is 16.4 Å². The van der Waals surface area contributed by atoms with E-state index in [-0.39, 0.29) is 11.9 Å². The second-order valence-electron chi connectivity index (χ2n) is 4.91. The van der Waals surface area contributed by atoms with Crippen molar-refractivity contribution < 1.29 is 9.18 Å². The summed E-state index contributed by atoms with van der Waals surface area (Å²) in [5.41, 5.74) is 7.04. The van der Waals surface area contributed by atoms with Crippen molar-refractivity contribution in [1.29, 1.82) is 0 Å². The number of nitrogens with one attached hydrogen (secondary N) is 2. The van der Waals surface area contributed by atoms with Crippen molar-refractivity contribution in [3.63, 3.8) is 0 Å². The van der Waals surface area contributed by atoms with Crippen LogP contribution < -0.4 is 16.4 Å². The molecule has 6 heteroatoms. The van der Waals surface area contributed by atoms with Crippen LogP contribution in [0.25, 0.3) is 10.9 Å². The first-order valence-corrected chi connectivity index (χ1v) is 6.51. The highest BCUT2D eigenvalue weighted by Gasteiger charge is 2.20. The molecule has 0 aliphatic carbocycles. The number of nitrogens with two attached hydrogens (primary N) is 1. The Kier molecular flexibility index (Phi) is 3.14. The quantitative estimate of drug-likeness (QED) is 0.727. The van der Waals surface area contributed by atoms with Gasteiger partial charge in [-0.1, -0.05) is 0 Å². The molecular weight excluding hydrogens is 259 g/mol. The summed E-state index contributed by atoms with van der Waals surface area (Å²) in [5, 5.41) is 6.61. The van der Waals surface area contributed by atoms with Crippen molar-refractivity contribution in [1.82, 2.24) is 10.3 Å². The average molecular weight is 274 g/mol. The maximum Gasteiger partial charge on any atom is 0.220 e. The van der Waals surface area contributed by atoms with Gasteiger partial charge in [-0.15, -0.1) is 0 Å². The average Bonchev–Trinajstić information content (AvgIpc) is 2.45. The highest BCUT2D eigenvalue weighted by molar-refractivity contribution is 5.98. The van der Waals surface area contributed by atoms with Gasteiger partial charge in [-0.3, -0.25) is 9.78 Å². The molecule has 2 heterocycles. The Bertz CT molecular complexity index is 664. The third-order valence-corrected chi connectivity index (χ3v) is 3.49. The lowest BCUT2D eigenvalue weighted by molar-refractivity contribution is -0.122. The van der Waals surface area contributed by atoms with E-state index in [9.17, 15) is 9.18 Å². The summed E-state index contributed by atoms with van der Waals surface area (Å²) in [5.74, 6) is -0.394. The molecular formula is C14H15FN4O. The van der Waals surface area contributed by atoms with Crippen molar-refractivity contribution in [2.75, 3.05) is 17.6 Å². The Labute approximate surface area is 115 Å². The van der Waals surface area contributed by atoms with Gasteiger partial charge in [-0.25, -0.2) is 4.39 Å². The molecule has 1 fully saturated rings. The van der Waals surface area contributed by atoms with Crippen LogP contribution in [0, 0.1) is 5.82 Å². The number of carbonyl (C=O) groups is 1. The molecule has 0 spiro atoms. The summed E-state index contributed by atoms with van der Waals surface area (Å²) < 4.78 is 14.1. The fraction of sp³-hybridized carbons (Fsp3) is 0.286. The Morgan fingerprint density at radius 1 is 1.50 bits per heavy atom. The first-order valence-electron chi connectivity index (χ1n) is 6.51. The lowest BCUT2D eigenvalue weighted by atomic mass is 10.1. The SMILES string of the molecule is Nc1cc(F)c(NC2CCC(=O)NC2)c2ncccc12. The summed E-state index contributed by atoms with van der Waals surface area (Å²) in [6.07, 6.45) is 2.72. The molecule has 1 aliphatic rings. The third-order valence-electron chi connectivity index (χ3n) is 3.49. The van der Waals surface area contributed by atoms with Gasteiger partial charge in [-0.05, 0) is 24.6 Å². The number of piperidine rings is 1. The number of aromatic nitrogens is 1. The Morgan fingerprint density at radius 3 is 3.10 bits per heavy atom. The fourth-order valence-corrected chi connectivity index (χ4v) is 2.43. The number of nitrogens with zero attached hydrogens (tertiary/aromatic N) is 1. The number of hydrogen-bond donors (Lipinski definition) is 3. The van der Waals surface area contributed by atoms with Crippen LogP contribution >= 0.6 is 0 Å². The van der Waals surface area contributed by atoms with E-state index in [0.29, 0.717) is 36.3 Å². The van der Waals surface area contributed by atoms with Crippen LogP contribution in [0.5, 0.6) is 0 Å². The Morgan fingerprint density at radius 2 is 2.35 bits per heavy atom. The minimum Gasteiger partial charge on any atom is -0.398 e. The van der Waals surface area contributed by atoms with Gasteiger partial charge in [0.15, 0.2) is 5.82 Å². The number of rotatable bonds is 2. The molecule has 1 aromatic carbocycles. The van der Waals surface area contributed by atoms with Crippen LogP contribution in [-0.2, 0) is 4.79 Å². The standard InChI is InChI=1S/C14H15FN4O/c15-10-6-11(16)9-2-1-5-17-13(9)14(10)19-8-3-4-12(20)18-7-8/h1-2,5-6,8,19H,3-4,7,16H2,(H,18,20). The third kappa shape index (κ3) is 2.24. The van der Waals surface area contributed by atoms with E-state index in [0.717, 1.165) is 5.39 Å². The maximum atomic E-state index is 14.1. The number of pyridine rings is 1. The van der Waals surface area contributed by atoms with Crippen molar-refractivity contribution in [3.05, 3.63) is 30.2 Å². The molecule has 0 saturated carbocycles. The normalized spacial score (nSPS) is 18.9. The van der Waals surface area contributed by atoms with Crippen LogP contribution in [0.4, 0.5) is 15.8 Å². The van der Waals surface area contributed by atoms with E-state index in [1.54, 1.807) is 12.3 Å². The van der Waals surface area contributed by atoms with Gasteiger partial charge in [0.1, 0.15) is 0 Å². The first-order chi connectivity index (χ1) is 9.65. The predicted octanol–water partition coefficient (Wildman–Crippen LogP) is 1.65. The number of benzene rings is 1. The molecule has 1 amide bonds. The number of nitrogen functional groups attached to an aromatic ring is 1. The molecule has 1 aliphatic heterocycles. The Hall–Kier alpha value is -2.37. The Balaban J connectivity index is 1.96. The second kappa shape index (κ2) is 4.96. The largest absolute Gasteiger partial charge is 0.398 e. The number of carbonyl (C=O) groups excluding carboxylic acids is 1. The van der Waals surface area contributed by atoms with Gasteiger partial charge in [0.05, 0.1) is 11.2 Å². The van der Waals surface area contributed by atoms with E-state index in [2.05, 4.69) is 15.6 Å². The number of hydrogen-bond acceptors (Lipinski definition) is 4. The van der Waals surface area contributed by atoms with Gasteiger partial charge in [0.2, 0.25) is 5.91 Å². The van der Waals surface area contributed by atoms with Crippen LogP contribution in [0.1, 0.15) is 12.8 Å². The highest BCUT2D eigenvalue weighted by atomic mass is 19.1. The second-order valence-corrected chi connectivity index (χ2v) is 4.91. The zero-order valence-corrected chi connectivity index (χ0v) is 10.8. The minimum absolute atomic E-state index is 0.00368. The maximum absolute atomic E-state index is 14.1.